The molecule has 1 aliphatic heterocycles. The highest BCUT2D eigenvalue weighted by Crippen LogP contribution is 2.31. The van der Waals surface area contributed by atoms with Crippen LogP contribution in [0, 0.1) is 0 Å². The van der Waals surface area contributed by atoms with Crippen LogP contribution in [-0.2, 0) is 13.1 Å². The molecule has 5 aromatic rings. The van der Waals surface area contributed by atoms with Gasteiger partial charge in [0, 0.05) is 53.8 Å². The van der Waals surface area contributed by atoms with Crippen molar-refractivity contribution < 1.29 is 9.53 Å². The first-order valence-corrected chi connectivity index (χ1v) is 11.3. The molecule has 4 heterocycles. The molecule has 9 nitrogen and oxygen atoms in total. The van der Waals surface area contributed by atoms with Crippen LogP contribution < -0.4 is 15.0 Å². The average Bonchev–Trinajstić information content (AvgIpc) is 3.62. The number of hydrogen-bond donors (Lipinski definition) is 2. The lowest BCUT2D eigenvalue weighted by Crippen LogP contribution is -2.17. The van der Waals surface area contributed by atoms with E-state index < -0.39 is 0 Å². The summed E-state index contributed by atoms with van der Waals surface area (Å²) in [4.78, 5) is 20.1. The molecule has 1 amide bonds. The predicted molar refractivity (Wildman–Crippen MR) is 133 cm³/mol. The number of hydrogen-bond acceptors (Lipinski definition) is 6. The van der Waals surface area contributed by atoms with E-state index in [-0.39, 0.29) is 11.6 Å². The molecule has 0 fully saturated rings. The number of nitrogens with one attached hydrogen (secondary N) is 2. The van der Waals surface area contributed by atoms with Gasteiger partial charge in [0.25, 0.3) is 5.91 Å². The number of aromatic amines is 1. The van der Waals surface area contributed by atoms with Crippen LogP contribution in [0.1, 0.15) is 21.6 Å². The molecule has 0 saturated heterocycles. The van der Waals surface area contributed by atoms with Gasteiger partial charge in [-0.3, -0.25) is 9.89 Å². The molecular weight excluding hydrogens is 466 g/mol. The molecule has 35 heavy (non-hydrogen) atoms. The summed E-state index contributed by atoms with van der Waals surface area (Å²) in [7, 11) is 1.54. The summed E-state index contributed by atoms with van der Waals surface area (Å²) in [5.41, 5.74) is 5.47. The van der Waals surface area contributed by atoms with E-state index in [0.29, 0.717) is 22.1 Å². The minimum absolute atomic E-state index is 0.225. The number of aromatic nitrogens is 5. The molecule has 2 aromatic carbocycles. The van der Waals surface area contributed by atoms with Crippen molar-refractivity contribution in [1.29, 1.82) is 0 Å². The van der Waals surface area contributed by atoms with Crippen LogP contribution in [0.25, 0.3) is 16.9 Å². The number of nitrogens with zero attached hydrogens (tertiary/aromatic N) is 5. The second-order valence-electron chi connectivity index (χ2n) is 8.24. The minimum atomic E-state index is -0.381. The Kier molecular flexibility index (Phi) is 5.11. The zero-order valence-corrected chi connectivity index (χ0v) is 19.5. The number of methoxy groups -OCH3 is 1. The van der Waals surface area contributed by atoms with Gasteiger partial charge < -0.3 is 15.0 Å². The van der Waals surface area contributed by atoms with E-state index >= 15 is 0 Å². The third kappa shape index (κ3) is 3.95. The number of benzene rings is 2. The molecule has 10 heteroatoms. The van der Waals surface area contributed by atoms with Gasteiger partial charge in [-0.05, 0) is 23.3 Å². The van der Waals surface area contributed by atoms with E-state index in [1.807, 2.05) is 18.2 Å². The van der Waals surface area contributed by atoms with Crippen LogP contribution in [0.2, 0.25) is 5.02 Å². The molecule has 3 aromatic heterocycles. The molecule has 0 radical (unpaired) electrons. The molecule has 174 valence electrons. The highest BCUT2D eigenvalue weighted by molar-refractivity contribution is 6.31. The smallest absolute Gasteiger partial charge is 0.276 e. The molecule has 0 saturated carbocycles. The van der Waals surface area contributed by atoms with Gasteiger partial charge in [-0.1, -0.05) is 35.9 Å². The van der Waals surface area contributed by atoms with Gasteiger partial charge in [-0.15, -0.1) is 0 Å². The minimum Gasteiger partial charge on any atom is -0.497 e. The monoisotopic (exact) mass is 485 g/mol. The van der Waals surface area contributed by atoms with E-state index in [1.54, 1.807) is 48.3 Å². The van der Waals surface area contributed by atoms with E-state index in [9.17, 15) is 4.79 Å². The molecule has 0 aliphatic carbocycles. The number of amides is 1. The van der Waals surface area contributed by atoms with Crippen LogP contribution in [-0.4, -0.2) is 37.8 Å². The standard InChI is InChI=1S/C25H20ClN7O2/c1-35-20-7-18(26)6-19(8-20)29-25(34)21-9-24-30-23(32-13-15-4-2-3-5-16(15)14-32)10-22(33(24)31-21)17-11-27-28-12-17/h2-12H,13-14H2,1H3,(H,27,28)(H,29,34). The zero-order valence-electron chi connectivity index (χ0n) is 18.7. The molecule has 0 bridgehead atoms. The van der Waals surface area contributed by atoms with E-state index in [1.165, 1.54) is 11.1 Å². The van der Waals surface area contributed by atoms with E-state index in [0.717, 1.165) is 30.2 Å². The van der Waals surface area contributed by atoms with Crippen LogP contribution >= 0.6 is 11.6 Å². The van der Waals surface area contributed by atoms with Crippen LogP contribution in [0.5, 0.6) is 5.75 Å². The summed E-state index contributed by atoms with van der Waals surface area (Å²) in [5.74, 6) is 0.965. The summed E-state index contributed by atoms with van der Waals surface area (Å²) in [6.07, 6.45) is 3.51. The Bertz CT molecular complexity index is 1540. The summed E-state index contributed by atoms with van der Waals surface area (Å²) in [6, 6.07) is 17.0. The lowest BCUT2D eigenvalue weighted by molar-refractivity contribution is 0.102. The van der Waals surface area contributed by atoms with Gasteiger partial charge in [0.15, 0.2) is 11.3 Å². The van der Waals surface area contributed by atoms with Crippen molar-refractivity contribution in [3.63, 3.8) is 0 Å². The number of carbonyl (C=O) groups is 1. The van der Waals surface area contributed by atoms with E-state index in [4.69, 9.17) is 21.3 Å². The first kappa shape index (κ1) is 21.2. The summed E-state index contributed by atoms with van der Waals surface area (Å²) >= 11 is 6.14. The Morgan fingerprint density at radius 3 is 2.63 bits per heavy atom. The van der Waals surface area contributed by atoms with Crippen molar-refractivity contribution in [2.45, 2.75) is 13.1 Å². The SMILES string of the molecule is COc1cc(Cl)cc(NC(=O)c2cc3nc(N4Cc5ccccc5C4)cc(-c4cn[nH]c4)n3n2)c1. The molecule has 2 N–H and O–H groups in total. The fourth-order valence-corrected chi connectivity index (χ4v) is 4.50. The number of H-pyrrole nitrogens is 1. The van der Waals surface area contributed by atoms with Gasteiger partial charge in [-0.2, -0.15) is 10.2 Å². The van der Waals surface area contributed by atoms with E-state index in [2.05, 4.69) is 37.6 Å². The van der Waals surface area contributed by atoms with Crippen molar-refractivity contribution in [1.82, 2.24) is 24.8 Å². The molecular formula is C25H20ClN7O2. The van der Waals surface area contributed by atoms with Crippen molar-refractivity contribution in [2.24, 2.45) is 0 Å². The summed E-state index contributed by atoms with van der Waals surface area (Å²) in [6.45, 7) is 1.53. The topological polar surface area (TPSA) is 100 Å². The average molecular weight is 486 g/mol. The molecule has 0 spiro atoms. The van der Waals surface area contributed by atoms with Crippen molar-refractivity contribution in [2.75, 3.05) is 17.3 Å². The zero-order chi connectivity index (χ0) is 23.9. The Balaban J connectivity index is 1.38. The second-order valence-corrected chi connectivity index (χ2v) is 8.68. The Labute approximate surface area is 205 Å². The van der Waals surface area contributed by atoms with Crippen molar-refractivity contribution in [3.05, 3.63) is 88.8 Å². The number of halogens is 1. The number of carbonyl (C=O) groups excluding carboxylic acids is 1. The number of rotatable bonds is 5. The highest BCUT2D eigenvalue weighted by Gasteiger charge is 2.23. The maximum atomic E-state index is 13.1. The summed E-state index contributed by atoms with van der Waals surface area (Å²) < 4.78 is 6.89. The molecule has 0 unspecified atom stereocenters. The van der Waals surface area contributed by atoms with Gasteiger partial charge >= 0.3 is 0 Å². The number of anilines is 2. The summed E-state index contributed by atoms with van der Waals surface area (Å²) in [5, 5.41) is 14.8. The van der Waals surface area contributed by atoms with Crippen LogP contribution in [0.3, 0.4) is 0 Å². The van der Waals surface area contributed by atoms with Crippen molar-refractivity contribution in [3.8, 4) is 17.0 Å². The number of fused-ring (bicyclic) bond motifs is 2. The van der Waals surface area contributed by atoms with Crippen molar-refractivity contribution >= 4 is 34.7 Å². The fourth-order valence-electron chi connectivity index (χ4n) is 4.27. The maximum absolute atomic E-state index is 13.1. The van der Waals surface area contributed by atoms with Gasteiger partial charge in [0.05, 0.1) is 19.0 Å². The predicted octanol–water partition coefficient (Wildman–Crippen LogP) is 4.55. The largest absolute Gasteiger partial charge is 0.497 e. The Morgan fingerprint density at radius 1 is 1.11 bits per heavy atom. The molecule has 0 atom stereocenters. The number of ether oxygens (including phenoxy) is 1. The highest BCUT2D eigenvalue weighted by atomic mass is 35.5. The second kappa shape index (κ2) is 8.44. The lowest BCUT2D eigenvalue weighted by atomic mass is 10.1. The fraction of sp³-hybridized carbons (Fsp3) is 0.120. The van der Waals surface area contributed by atoms with Gasteiger partial charge in [-0.25, -0.2) is 9.50 Å². The molecule has 6 rings (SSSR count). The third-order valence-corrected chi connectivity index (χ3v) is 6.19. The quantitative estimate of drug-likeness (QED) is 0.378. The maximum Gasteiger partial charge on any atom is 0.276 e. The Hall–Kier alpha value is -4.37. The van der Waals surface area contributed by atoms with Crippen LogP contribution in [0.15, 0.2) is 67.0 Å². The van der Waals surface area contributed by atoms with Crippen LogP contribution in [0.4, 0.5) is 11.5 Å². The molecule has 1 aliphatic rings. The van der Waals surface area contributed by atoms with Gasteiger partial charge in [0.2, 0.25) is 0 Å². The Morgan fingerprint density at radius 2 is 1.91 bits per heavy atom. The lowest BCUT2D eigenvalue weighted by Gasteiger charge is -2.17. The first-order valence-electron chi connectivity index (χ1n) is 10.9. The first-order chi connectivity index (χ1) is 17.1. The van der Waals surface area contributed by atoms with Gasteiger partial charge in [0.1, 0.15) is 11.6 Å². The normalized spacial score (nSPS) is 12.7. The third-order valence-electron chi connectivity index (χ3n) is 5.97.